The van der Waals surface area contributed by atoms with E-state index in [0.717, 1.165) is 36.1 Å². The van der Waals surface area contributed by atoms with Gasteiger partial charge in [0.05, 0.1) is 6.61 Å². The summed E-state index contributed by atoms with van der Waals surface area (Å²) in [6.07, 6.45) is 4.21. The molecule has 7 nitrogen and oxygen atoms in total. The van der Waals surface area contributed by atoms with Gasteiger partial charge in [-0.3, -0.25) is 4.79 Å². The first kappa shape index (κ1) is 22.6. The third-order valence-electron chi connectivity index (χ3n) is 6.64. The van der Waals surface area contributed by atoms with Crippen molar-refractivity contribution in [3.8, 4) is 0 Å². The number of rotatable bonds is 8. The Morgan fingerprint density at radius 2 is 1.82 bits per heavy atom. The van der Waals surface area contributed by atoms with Crippen LogP contribution in [0.4, 0.5) is 11.8 Å². The molecule has 0 radical (unpaired) electrons. The number of benzene rings is 2. The van der Waals surface area contributed by atoms with Gasteiger partial charge in [0.2, 0.25) is 5.95 Å². The molecule has 0 unspecified atom stereocenters. The molecule has 3 aliphatic rings. The molecule has 1 aromatic heterocycles. The highest BCUT2D eigenvalue weighted by Crippen LogP contribution is 2.40. The monoisotopic (exact) mass is 477 g/mol. The Bertz CT molecular complexity index is 1160. The number of fused-ring (bicyclic) bond motifs is 2. The van der Waals surface area contributed by atoms with E-state index in [2.05, 4.69) is 20.5 Å². The first-order valence-corrected chi connectivity index (χ1v) is 12.0. The van der Waals surface area contributed by atoms with Crippen LogP contribution >= 0.6 is 11.6 Å². The Morgan fingerprint density at radius 3 is 2.53 bits per heavy atom. The van der Waals surface area contributed by atoms with Gasteiger partial charge in [-0.25, -0.2) is 4.98 Å². The predicted molar refractivity (Wildman–Crippen MR) is 133 cm³/mol. The number of aromatic nitrogens is 2. The molecule has 3 aromatic rings. The average Bonchev–Trinajstić information content (AvgIpc) is 2.86. The number of amides is 1. The van der Waals surface area contributed by atoms with Crippen LogP contribution in [0.5, 0.6) is 0 Å². The molecule has 3 heterocycles. The predicted octanol–water partition coefficient (Wildman–Crippen LogP) is 4.01. The second-order valence-corrected chi connectivity index (χ2v) is 9.55. The lowest BCUT2D eigenvalue weighted by Crippen LogP contribution is -2.49. The third kappa shape index (κ3) is 5.00. The lowest BCUT2D eigenvalue weighted by molar-refractivity contribution is 0.0951. The van der Waals surface area contributed by atoms with Gasteiger partial charge < -0.3 is 20.6 Å². The van der Waals surface area contributed by atoms with Crippen molar-refractivity contribution in [2.75, 3.05) is 23.3 Å². The number of piperidine rings is 2. The van der Waals surface area contributed by atoms with E-state index in [1.165, 1.54) is 12.8 Å². The lowest BCUT2D eigenvalue weighted by Gasteiger charge is -2.47. The van der Waals surface area contributed by atoms with Crippen LogP contribution in [-0.2, 0) is 19.7 Å². The molecule has 2 aliphatic heterocycles. The molecule has 34 heavy (non-hydrogen) atoms. The lowest BCUT2D eigenvalue weighted by atomic mass is 9.71. The highest BCUT2D eigenvalue weighted by atomic mass is 35.5. The van der Waals surface area contributed by atoms with Gasteiger partial charge in [-0.05, 0) is 47.4 Å². The highest BCUT2D eigenvalue weighted by Gasteiger charge is 2.38. The summed E-state index contributed by atoms with van der Waals surface area (Å²) >= 11 is 6.25. The largest absolute Gasteiger partial charge is 0.392 e. The number of anilines is 2. The zero-order valence-electron chi connectivity index (χ0n) is 18.9. The summed E-state index contributed by atoms with van der Waals surface area (Å²) in [6.45, 7) is 2.69. The molecule has 8 heteroatoms. The summed E-state index contributed by atoms with van der Waals surface area (Å²) in [4.78, 5) is 24.6. The van der Waals surface area contributed by atoms with E-state index in [9.17, 15) is 9.90 Å². The molecule has 0 spiro atoms. The fourth-order valence-corrected chi connectivity index (χ4v) is 5.01. The molecule has 6 rings (SSSR count). The van der Waals surface area contributed by atoms with Crippen LogP contribution in [0, 0.1) is 11.8 Å². The van der Waals surface area contributed by atoms with Gasteiger partial charge >= 0.3 is 0 Å². The molecule has 0 atom stereocenters. The normalized spacial score (nSPS) is 18.8. The molecule has 2 bridgehead atoms. The van der Waals surface area contributed by atoms with E-state index < -0.39 is 0 Å². The van der Waals surface area contributed by atoms with Gasteiger partial charge in [0.15, 0.2) is 0 Å². The molecular formula is C26H28ClN5O2. The summed E-state index contributed by atoms with van der Waals surface area (Å²) in [6, 6.07) is 15.3. The zero-order chi connectivity index (χ0) is 23.5. The Morgan fingerprint density at radius 1 is 1.06 bits per heavy atom. The van der Waals surface area contributed by atoms with Gasteiger partial charge in [-0.2, -0.15) is 4.98 Å². The summed E-state index contributed by atoms with van der Waals surface area (Å²) in [5, 5.41) is 16.2. The topological polar surface area (TPSA) is 90.4 Å². The number of carbonyl (C=O) groups excluding carboxylic acids is 1. The Hall–Kier alpha value is -3.16. The van der Waals surface area contributed by atoms with Crippen molar-refractivity contribution in [1.82, 2.24) is 15.3 Å². The van der Waals surface area contributed by atoms with Gasteiger partial charge in [0, 0.05) is 37.4 Å². The van der Waals surface area contributed by atoms with E-state index in [-0.39, 0.29) is 12.5 Å². The standard InChI is InChI=1S/C26H28ClN5O2/c27-23-10-18(6-7-21(23)16-33)12-28-24-22(25(34)29-11-17-4-2-1-3-5-17)13-30-26(31-24)32-14-19-8-20(9-19)15-32/h1-7,10,13,19-20,33H,8-9,11-12,14-16H2,(H,29,34)(H,28,30,31). The quantitative estimate of drug-likeness (QED) is 0.454. The van der Waals surface area contributed by atoms with E-state index in [4.69, 9.17) is 16.6 Å². The number of aliphatic hydroxyl groups excluding tert-OH is 1. The van der Waals surface area contributed by atoms with Crippen LogP contribution in [0.1, 0.15) is 39.9 Å². The number of hydrogen-bond acceptors (Lipinski definition) is 6. The number of halogens is 1. The molecular weight excluding hydrogens is 450 g/mol. The van der Waals surface area contributed by atoms with E-state index in [0.29, 0.717) is 41.0 Å². The molecule has 2 saturated heterocycles. The van der Waals surface area contributed by atoms with Crippen molar-refractivity contribution >= 4 is 29.3 Å². The minimum Gasteiger partial charge on any atom is -0.392 e. The van der Waals surface area contributed by atoms with Crippen LogP contribution in [0.2, 0.25) is 5.02 Å². The molecule has 1 saturated carbocycles. The second kappa shape index (κ2) is 9.99. The maximum Gasteiger partial charge on any atom is 0.256 e. The fourth-order valence-electron chi connectivity index (χ4n) is 4.75. The van der Waals surface area contributed by atoms with Crippen molar-refractivity contribution < 1.29 is 9.90 Å². The van der Waals surface area contributed by atoms with Crippen LogP contribution < -0.4 is 15.5 Å². The maximum atomic E-state index is 13.0. The Kier molecular flexibility index (Phi) is 6.65. The van der Waals surface area contributed by atoms with E-state index in [1.54, 1.807) is 12.3 Å². The minimum absolute atomic E-state index is 0.106. The van der Waals surface area contributed by atoms with Gasteiger partial charge in [-0.1, -0.05) is 54.1 Å². The van der Waals surface area contributed by atoms with Crippen molar-refractivity contribution in [3.05, 3.63) is 82.0 Å². The van der Waals surface area contributed by atoms with Crippen molar-refractivity contribution in [2.45, 2.75) is 32.5 Å². The average molecular weight is 478 g/mol. The first-order chi connectivity index (χ1) is 16.6. The molecule has 3 fully saturated rings. The van der Waals surface area contributed by atoms with Crippen LogP contribution in [-0.4, -0.2) is 34.1 Å². The summed E-state index contributed by atoms with van der Waals surface area (Å²) in [5.74, 6) is 2.37. The number of hydrogen-bond donors (Lipinski definition) is 3. The Balaban J connectivity index is 1.35. The highest BCUT2D eigenvalue weighted by molar-refractivity contribution is 6.31. The minimum atomic E-state index is -0.229. The summed E-state index contributed by atoms with van der Waals surface area (Å²) in [5.41, 5.74) is 3.03. The fraction of sp³-hybridized carbons (Fsp3) is 0.346. The smallest absolute Gasteiger partial charge is 0.256 e. The van der Waals surface area contributed by atoms with Gasteiger partial charge in [0.1, 0.15) is 11.4 Å². The number of nitrogens with zero attached hydrogens (tertiary/aromatic N) is 3. The van der Waals surface area contributed by atoms with Crippen molar-refractivity contribution in [2.24, 2.45) is 11.8 Å². The van der Waals surface area contributed by atoms with Crippen LogP contribution in [0.15, 0.2) is 54.7 Å². The zero-order valence-corrected chi connectivity index (χ0v) is 19.6. The van der Waals surface area contributed by atoms with Gasteiger partial charge in [-0.15, -0.1) is 0 Å². The molecule has 1 aliphatic carbocycles. The molecule has 176 valence electrons. The number of aliphatic hydroxyl groups is 1. The summed E-state index contributed by atoms with van der Waals surface area (Å²) < 4.78 is 0. The number of carbonyl (C=O) groups is 1. The molecule has 1 amide bonds. The van der Waals surface area contributed by atoms with Crippen molar-refractivity contribution in [1.29, 1.82) is 0 Å². The van der Waals surface area contributed by atoms with E-state index in [1.807, 2.05) is 42.5 Å². The maximum absolute atomic E-state index is 13.0. The second-order valence-electron chi connectivity index (χ2n) is 9.15. The SMILES string of the molecule is O=C(NCc1ccccc1)c1cnc(N2CC3CC(C3)C2)nc1NCc1ccc(CO)c(Cl)c1. The van der Waals surface area contributed by atoms with Crippen molar-refractivity contribution in [3.63, 3.8) is 0 Å². The van der Waals surface area contributed by atoms with Gasteiger partial charge in [0.25, 0.3) is 5.91 Å². The first-order valence-electron chi connectivity index (χ1n) is 11.6. The third-order valence-corrected chi connectivity index (χ3v) is 6.99. The summed E-state index contributed by atoms with van der Waals surface area (Å²) in [7, 11) is 0. The number of nitrogens with one attached hydrogen (secondary N) is 2. The molecule has 2 aromatic carbocycles. The van der Waals surface area contributed by atoms with Crippen LogP contribution in [0.3, 0.4) is 0 Å². The van der Waals surface area contributed by atoms with E-state index >= 15 is 0 Å². The van der Waals surface area contributed by atoms with Crippen LogP contribution in [0.25, 0.3) is 0 Å². The Labute approximate surface area is 204 Å². The molecule has 3 N–H and O–H groups in total.